The van der Waals surface area contributed by atoms with E-state index in [1.165, 1.54) is 29.7 Å². The number of piperazine rings is 1. The van der Waals surface area contributed by atoms with Gasteiger partial charge in [0.1, 0.15) is 5.84 Å². The van der Waals surface area contributed by atoms with Crippen molar-refractivity contribution in [3.63, 3.8) is 0 Å². The van der Waals surface area contributed by atoms with Crippen molar-refractivity contribution < 1.29 is 9.53 Å². The van der Waals surface area contributed by atoms with E-state index in [-0.39, 0.29) is 5.91 Å². The first-order valence-electron chi connectivity index (χ1n) is 15.5. The molecule has 1 amide bonds. The molecule has 9 heteroatoms. The van der Waals surface area contributed by atoms with E-state index in [2.05, 4.69) is 45.0 Å². The summed E-state index contributed by atoms with van der Waals surface area (Å²) in [6.45, 7) is 8.80. The number of amides is 1. The standard InChI is InChI=1S/C33H41N7O2/c1-22-15-27-17-29(35-22)28-19-34-38(3)33(28)42-14-4-5-26(24-8-9-24)21-40-30-16-23(20-39-12-10-37(2)11-13-39)6-7-25(30)18-31(40)36-32(27)41/h6-7,15-17,19,24,26H,4-5,8-14,18,20-21H2,1-3H3/t26-/m1/s1. The van der Waals surface area contributed by atoms with E-state index in [4.69, 9.17) is 14.7 Å². The van der Waals surface area contributed by atoms with Crippen molar-refractivity contribution in [1.82, 2.24) is 24.6 Å². The van der Waals surface area contributed by atoms with Crippen molar-refractivity contribution in [2.75, 3.05) is 51.3 Å². The molecule has 9 nitrogen and oxygen atoms in total. The molecule has 5 heterocycles. The van der Waals surface area contributed by atoms with Crippen LogP contribution in [0.15, 0.2) is 41.5 Å². The largest absolute Gasteiger partial charge is 0.477 e. The summed E-state index contributed by atoms with van der Waals surface area (Å²) in [6, 6.07) is 10.6. The molecule has 2 aromatic heterocycles. The summed E-state index contributed by atoms with van der Waals surface area (Å²) >= 11 is 0. The highest BCUT2D eigenvalue weighted by Gasteiger charge is 2.36. The Hall–Kier alpha value is -3.56. The highest BCUT2D eigenvalue weighted by molar-refractivity contribution is 6.12. The van der Waals surface area contributed by atoms with Crippen LogP contribution in [0, 0.1) is 18.8 Å². The zero-order valence-electron chi connectivity index (χ0n) is 25.1. The molecule has 7 rings (SSSR count). The molecule has 2 bridgehead atoms. The van der Waals surface area contributed by atoms with Crippen molar-refractivity contribution in [3.8, 4) is 17.1 Å². The number of nitrogens with zero attached hydrogens (tertiary/aromatic N) is 7. The van der Waals surface area contributed by atoms with Gasteiger partial charge in [0, 0.05) is 69.7 Å². The molecule has 3 aromatic rings. The predicted molar refractivity (Wildman–Crippen MR) is 164 cm³/mol. The molecule has 1 aliphatic carbocycles. The Bertz CT molecular complexity index is 1520. The van der Waals surface area contributed by atoms with Gasteiger partial charge in [-0.2, -0.15) is 10.1 Å². The van der Waals surface area contributed by atoms with Gasteiger partial charge in [-0.05, 0) is 80.8 Å². The Kier molecular flexibility index (Phi) is 7.32. The summed E-state index contributed by atoms with van der Waals surface area (Å²) in [4.78, 5) is 30.6. The highest BCUT2D eigenvalue weighted by atomic mass is 16.5. The van der Waals surface area contributed by atoms with Crippen LogP contribution < -0.4 is 9.64 Å². The van der Waals surface area contributed by atoms with E-state index >= 15 is 0 Å². The minimum absolute atomic E-state index is 0.226. The third kappa shape index (κ3) is 5.60. The van der Waals surface area contributed by atoms with Gasteiger partial charge in [0.2, 0.25) is 5.88 Å². The van der Waals surface area contributed by atoms with Crippen molar-refractivity contribution in [1.29, 1.82) is 0 Å². The molecule has 1 saturated carbocycles. The molecular weight excluding hydrogens is 526 g/mol. The number of carbonyl (C=O) groups is 1. The fraction of sp³-hybridized carbons (Fsp3) is 0.515. The lowest BCUT2D eigenvalue weighted by atomic mass is 9.97. The lowest BCUT2D eigenvalue weighted by molar-refractivity contribution is 0.100. The summed E-state index contributed by atoms with van der Waals surface area (Å²) in [7, 11) is 4.08. The van der Waals surface area contributed by atoms with Crippen LogP contribution in [0.3, 0.4) is 0 Å². The number of pyridine rings is 1. The quantitative estimate of drug-likeness (QED) is 0.466. The van der Waals surface area contributed by atoms with Gasteiger partial charge in [0.25, 0.3) is 5.91 Å². The maximum absolute atomic E-state index is 13.8. The number of hydrogen-bond acceptors (Lipinski definition) is 7. The number of aliphatic imine (C=N–C) groups is 1. The van der Waals surface area contributed by atoms with Crippen LogP contribution in [0.4, 0.5) is 5.69 Å². The second-order valence-corrected chi connectivity index (χ2v) is 12.6. The van der Waals surface area contributed by atoms with Crippen molar-refractivity contribution >= 4 is 17.4 Å². The molecule has 1 aromatic carbocycles. The molecule has 3 aliphatic heterocycles. The number of fused-ring (bicyclic) bond motifs is 7. The monoisotopic (exact) mass is 567 g/mol. The van der Waals surface area contributed by atoms with Gasteiger partial charge >= 0.3 is 0 Å². The average molecular weight is 568 g/mol. The second kappa shape index (κ2) is 11.3. The molecule has 1 atom stereocenters. The van der Waals surface area contributed by atoms with Gasteiger partial charge in [0.05, 0.1) is 24.1 Å². The van der Waals surface area contributed by atoms with Crippen LogP contribution in [0.5, 0.6) is 5.88 Å². The van der Waals surface area contributed by atoms with E-state index < -0.39 is 0 Å². The van der Waals surface area contributed by atoms with Crippen molar-refractivity contribution in [3.05, 3.63) is 58.9 Å². The molecule has 0 spiro atoms. The number of hydrogen-bond donors (Lipinski definition) is 0. The minimum Gasteiger partial charge on any atom is -0.477 e. The SMILES string of the molecule is Cc1cc2cc(n1)-c1cnn(C)c1OCCC[C@@H](C1CC1)CN1C(=NC2=O)Cc2ccc(CN3CCN(C)CC3)cc21. The van der Waals surface area contributed by atoms with Gasteiger partial charge < -0.3 is 14.5 Å². The second-order valence-electron chi connectivity index (χ2n) is 12.6. The van der Waals surface area contributed by atoms with Crippen LogP contribution >= 0.6 is 0 Å². The highest BCUT2D eigenvalue weighted by Crippen LogP contribution is 2.42. The van der Waals surface area contributed by atoms with E-state index in [1.807, 2.05) is 26.1 Å². The van der Waals surface area contributed by atoms with E-state index in [0.29, 0.717) is 36.1 Å². The number of rotatable bonds is 3. The molecule has 42 heavy (non-hydrogen) atoms. The zero-order valence-corrected chi connectivity index (χ0v) is 25.1. The predicted octanol–water partition coefficient (Wildman–Crippen LogP) is 4.34. The van der Waals surface area contributed by atoms with Gasteiger partial charge in [0.15, 0.2) is 0 Å². The topological polar surface area (TPSA) is 79.1 Å². The number of amidine groups is 1. The van der Waals surface area contributed by atoms with Gasteiger partial charge in [-0.1, -0.05) is 12.1 Å². The summed E-state index contributed by atoms with van der Waals surface area (Å²) in [5.74, 6) is 2.59. The van der Waals surface area contributed by atoms with Crippen LogP contribution in [-0.2, 0) is 20.0 Å². The first-order chi connectivity index (χ1) is 20.4. The number of aromatic nitrogens is 3. The summed E-state index contributed by atoms with van der Waals surface area (Å²) in [5, 5.41) is 4.44. The number of anilines is 1. The number of benzene rings is 1. The van der Waals surface area contributed by atoms with Crippen LogP contribution in [0.25, 0.3) is 11.3 Å². The Balaban J connectivity index is 1.24. The van der Waals surface area contributed by atoms with Crippen molar-refractivity contribution in [2.24, 2.45) is 23.9 Å². The third-order valence-corrected chi connectivity index (χ3v) is 9.36. The smallest absolute Gasteiger partial charge is 0.278 e. The Morgan fingerprint density at radius 1 is 1.00 bits per heavy atom. The first-order valence-corrected chi connectivity index (χ1v) is 15.5. The minimum atomic E-state index is -0.226. The van der Waals surface area contributed by atoms with Gasteiger partial charge in [-0.25, -0.2) is 4.68 Å². The van der Waals surface area contributed by atoms with Crippen LogP contribution in [0.1, 0.15) is 52.9 Å². The van der Waals surface area contributed by atoms with Gasteiger partial charge in [-0.3, -0.25) is 14.7 Å². The fourth-order valence-corrected chi connectivity index (χ4v) is 6.76. The molecule has 1 saturated heterocycles. The first kappa shape index (κ1) is 27.3. The summed E-state index contributed by atoms with van der Waals surface area (Å²) in [6.07, 6.45) is 7.07. The number of likely N-dealkylation sites (N-methyl/N-ethyl adjacent to an activating group) is 1. The molecule has 0 N–H and O–H groups in total. The molecule has 2 fully saturated rings. The molecule has 220 valence electrons. The number of aryl methyl sites for hydroxylation is 2. The van der Waals surface area contributed by atoms with Crippen LogP contribution in [-0.4, -0.2) is 82.7 Å². The Morgan fingerprint density at radius 2 is 1.83 bits per heavy atom. The molecule has 0 unspecified atom stereocenters. The zero-order chi connectivity index (χ0) is 28.8. The lowest BCUT2D eigenvalue weighted by Crippen LogP contribution is -2.43. The number of ether oxygens (including phenoxy) is 1. The third-order valence-electron chi connectivity index (χ3n) is 9.36. The number of carbonyl (C=O) groups excluding carboxylic acids is 1. The molecule has 4 aliphatic rings. The summed E-state index contributed by atoms with van der Waals surface area (Å²) < 4.78 is 8.06. The summed E-state index contributed by atoms with van der Waals surface area (Å²) in [5.41, 5.74) is 6.62. The molecule has 0 radical (unpaired) electrons. The Morgan fingerprint density at radius 3 is 2.64 bits per heavy atom. The maximum Gasteiger partial charge on any atom is 0.278 e. The lowest BCUT2D eigenvalue weighted by Gasteiger charge is -2.32. The van der Waals surface area contributed by atoms with E-state index in [1.54, 1.807) is 10.9 Å². The van der Waals surface area contributed by atoms with Crippen LogP contribution in [0.2, 0.25) is 0 Å². The average Bonchev–Trinajstić information content (AvgIpc) is 3.68. The van der Waals surface area contributed by atoms with Gasteiger partial charge in [-0.15, -0.1) is 0 Å². The van der Waals surface area contributed by atoms with E-state index in [0.717, 1.165) is 75.1 Å². The van der Waals surface area contributed by atoms with Crippen molar-refractivity contribution in [2.45, 2.75) is 45.6 Å². The molecular formula is C33H41N7O2. The normalized spacial score (nSPS) is 22.0. The fourth-order valence-electron chi connectivity index (χ4n) is 6.76. The van der Waals surface area contributed by atoms with E-state index in [9.17, 15) is 4.79 Å². The maximum atomic E-state index is 13.8. The Labute approximate surface area is 248 Å².